The maximum Gasteiger partial charge on any atom is 0.411 e. The predicted octanol–water partition coefficient (Wildman–Crippen LogP) is 2.28. The molecule has 0 fully saturated rings. The number of ether oxygens (including phenoxy) is 1. The van der Waals surface area contributed by atoms with E-state index >= 15 is 0 Å². The van der Waals surface area contributed by atoms with Gasteiger partial charge in [-0.2, -0.15) is 13.2 Å². The smallest absolute Gasteiger partial charge is 0.370 e. The van der Waals surface area contributed by atoms with E-state index in [9.17, 15) is 13.2 Å². The maximum absolute atomic E-state index is 11.7. The molecule has 1 heterocycles. The lowest BCUT2D eigenvalue weighted by Crippen LogP contribution is -2.33. The van der Waals surface area contributed by atoms with Crippen LogP contribution in [0.15, 0.2) is 4.99 Å². The molecule has 1 N–H and O–H groups in total. The quantitative estimate of drug-likeness (QED) is 0.796. The second-order valence-electron chi connectivity index (χ2n) is 4.67. The van der Waals surface area contributed by atoms with Gasteiger partial charge in [-0.3, -0.25) is 4.99 Å². The molecule has 1 aliphatic heterocycles. The summed E-state index contributed by atoms with van der Waals surface area (Å²) in [7, 11) is 0. The fraction of sp³-hybridized carbons (Fsp3) is 0.900. The normalized spacial score (nSPS) is 19.9. The lowest BCUT2D eigenvalue weighted by Gasteiger charge is -2.27. The number of alkyl halides is 3. The van der Waals surface area contributed by atoms with Gasteiger partial charge >= 0.3 is 6.18 Å². The Morgan fingerprint density at radius 3 is 2.71 bits per heavy atom. The Balaban J connectivity index is 2.10. The van der Waals surface area contributed by atoms with Gasteiger partial charge in [-0.25, -0.2) is 0 Å². The number of halogens is 3. The van der Waals surface area contributed by atoms with Crippen LogP contribution in [0.5, 0.6) is 0 Å². The Morgan fingerprint density at radius 2 is 2.18 bits per heavy atom. The van der Waals surface area contributed by atoms with Crippen molar-refractivity contribution in [2.24, 2.45) is 10.4 Å². The van der Waals surface area contributed by atoms with E-state index in [0.29, 0.717) is 6.54 Å². The molecule has 0 aromatic carbocycles. The summed E-state index contributed by atoms with van der Waals surface area (Å²) in [5.74, 6) is 0.961. The summed E-state index contributed by atoms with van der Waals surface area (Å²) in [5, 5.41) is 3.76. The number of thioether (sulfide) groups is 1. The summed E-state index contributed by atoms with van der Waals surface area (Å²) in [6.45, 7) is 4.19. The standard InChI is InChI=1S/C10H17F3N2OS/c1-9(2)5-15-8(17-7-9)14-3-4-16-6-10(11,12)13/h3-7H2,1-2H3,(H,14,15). The van der Waals surface area contributed by atoms with Gasteiger partial charge in [-0.1, -0.05) is 25.6 Å². The molecular formula is C10H17F3N2OS. The van der Waals surface area contributed by atoms with Crippen LogP contribution in [-0.2, 0) is 4.74 Å². The molecule has 17 heavy (non-hydrogen) atoms. The molecule has 3 nitrogen and oxygen atoms in total. The van der Waals surface area contributed by atoms with Crippen LogP contribution in [0.2, 0.25) is 0 Å². The van der Waals surface area contributed by atoms with Gasteiger partial charge in [0.1, 0.15) is 6.61 Å². The minimum Gasteiger partial charge on any atom is -0.370 e. The predicted molar refractivity (Wildman–Crippen MR) is 63.4 cm³/mol. The molecule has 100 valence electrons. The molecule has 1 aliphatic rings. The third-order valence-electron chi connectivity index (χ3n) is 2.04. The first-order valence-corrected chi connectivity index (χ1v) is 6.33. The monoisotopic (exact) mass is 270 g/mol. The zero-order valence-corrected chi connectivity index (χ0v) is 10.7. The van der Waals surface area contributed by atoms with Gasteiger partial charge in [0.15, 0.2) is 5.17 Å². The fourth-order valence-electron chi connectivity index (χ4n) is 1.17. The van der Waals surface area contributed by atoms with Crippen molar-refractivity contribution in [1.29, 1.82) is 0 Å². The Hall–Kier alpha value is -0.430. The van der Waals surface area contributed by atoms with Gasteiger partial charge in [0.2, 0.25) is 0 Å². The van der Waals surface area contributed by atoms with Crippen molar-refractivity contribution < 1.29 is 17.9 Å². The summed E-state index contributed by atoms with van der Waals surface area (Å²) < 4.78 is 39.7. The van der Waals surface area contributed by atoms with Gasteiger partial charge in [0.05, 0.1) is 6.61 Å². The number of rotatable bonds is 4. The van der Waals surface area contributed by atoms with Crippen LogP contribution in [0.1, 0.15) is 13.8 Å². The van der Waals surface area contributed by atoms with Gasteiger partial charge < -0.3 is 10.1 Å². The molecule has 0 aromatic rings. The average Bonchev–Trinajstić information content (AvgIpc) is 2.18. The molecule has 0 radical (unpaired) electrons. The molecule has 1 rings (SSSR count). The Bertz CT molecular complexity index is 279. The molecule has 0 amide bonds. The molecule has 0 aromatic heterocycles. The molecule has 0 saturated heterocycles. The molecule has 0 bridgehead atoms. The first-order valence-electron chi connectivity index (χ1n) is 5.34. The average molecular weight is 270 g/mol. The molecular weight excluding hydrogens is 253 g/mol. The second kappa shape index (κ2) is 5.95. The van der Waals surface area contributed by atoms with Crippen LogP contribution in [0.3, 0.4) is 0 Å². The molecule has 0 unspecified atom stereocenters. The number of nitrogens with zero attached hydrogens (tertiary/aromatic N) is 1. The zero-order chi connectivity index (χ0) is 12.9. The number of amidine groups is 1. The van der Waals surface area contributed by atoms with Crippen LogP contribution in [0.4, 0.5) is 13.2 Å². The van der Waals surface area contributed by atoms with Crippen molar-refractivity contribution in [3.05, 3.63) is 0 Å². The lowest BCUT2D eigenvalue weighted by molar-refractivity contribution is -0.173. The van der Waals surface area contributed by atoms with E-state index < -0.39 is 12.8 Å². The topological polar surface area (TPSA) is 33.6 Å². The first kappa shape index (κ1) is 14.6. The number of hydrogen-bond donors (Lipinski definition) is 1. The van der Waals surface area contributed by atoms with Crippen LogP contribution in [0.25, 0.3) is 0 Å². The second-order valence-corrected chi connectivity index (χ2v) is 5.63. The molecule has 7 heteroatoms. The highest BCUT2D eigenvalue weighted by Crippen LogP contribution is 2.26. The summed E-state index contributed by atoms with van der Waals surface area (Å²) in [4.78, 5) is 4.32. The summed E-state index contributed by atoms with van der Waals surface area (Å²) >= 11 is 1.59. The van der Waals surface area contributed by atoms with E-state index in [1.165, 1.54) is 0 Å². The van der Waals surface area contributed by atoms with E-state index in [1.807, 2.05) is 0 Å². The van der Waals surface area contributed by atoms with Gasteiger partial charge in [-0.15, -0.1) is 0 Å². The number of aliphatic imine (C=N–C) groups is 1. The zero-order valence-electron chi connectivity index (χ0n) is 9.93. The molecule has 0 atom stereocenters. The Kier molecular flexibility index (Phi) is 5.12. The summed E-state index contributed by atoms with van der Waals surface area (Å²) in [6, 6.07) is 0. The summed E-state index contributed by atoms with van der Waals surface area (Å²) in [5.41, 5.74) is 0.197. The third kappa shape index (κ3) is 6.78. The van der Waals surface area contributed by atoms with Crippen molar-refractivity contribution >= 4 is 16.9 Å². The fourth-order valence-corrected chi connectivity index (χ4v) is 2.14. The van der Waals surface area contributed by atoms with E-state index in [2.05, 4.69) is 28.9 Å². The van der Waals surface area contributed by atoms with Gasteiger partial charge in [0.25, 0.3) is 0 Å². The van der Waals surface area contributed by atoms with Crippen molar-refractivity contribution in [2.75, 3.05) is 32.1 Å². The van der Waals surface area contributed by atoms with Crippen LogP contribution >= 0.6 is 11.8 Å². The Morgan fingerprint density at radius 1 is 1.47 bits per heavy atom. The van der Waals surface area contributed by atoms with E-state index in [0.717, 1.165) is 17.5 Å². The van der Waals surface area contributed by atoms with E-state index in [1.54, 1.807) is 11.8 Å². The van der Waals surface area contributed by atoms with E-state index in [-0.39, 0.29) is 12.0 Å². The SMILES string of the molecule is CC1(C)CN=C(NCCOCC(F)(F)F)SC1. The van der Waals surface area contributed by atoms with E-state index in [4.69, 9.17) is 0 Å². The van der Waals surface area contributed by atoms with Gasteiger partial charge in [0, 0.05) is 18.8 Å². The van der Waals surface area contributed by atoms with Crippen molar-refractivity contribution in [3.8, 4) is 0 Å². The third-order valence-corrected chi connectivity index (χ3v) is 3.51. The summed E-state index contributed by atoms with van der Waals surface area (Å²) in [6.07, 6.45) is -4.25. The highest BCUT2D eigenvalue weighted by atomic mass is 32.2. The van der Waals surface area contributed by atoms with Crippen LogP contribution in [0, 0.1) is 5.41 Å². The lowest BCUT2D eigenvalue weighted by atomic mass is 9.97. The number of hydrogen-bond acceptors (Lipinski definition) is 4. The Labute approximate surface area is 103 Å². The highest BCUT2D eigenvalue weighted by Gasteiger charge is 2.27. The number of nitrogens with one attached hydrogen (secondary N) is 1. The highest BCUT2D eigenvalue weighted by molar-refractivity contribution is 8.13. The molecule has 0 saturated carbocycles. The van der Waals surface area contributed by atoms with Crippen LogP contribution < -0.4 is 5.32 Å². The van der Waals surface area contributed by atoms with Crippen molar-refractivity contribution in [2.45, 2.75) is 20.0 Å². The first-order chi connectivity index (χ1) is 7.79. The van der Waals surface area contributed by atoms with Crippen LogP contribution in [-0.4, -0.2) is 43.4 Å². The minimum atomic E-state index is -4.25. The minimum absolute atomic E-state index is 0.0302. The van der Waals surface area contributed by atoms with Gasteiger partial charge in [-0.05, 0) is 5.41 Å². The molecule has 0 aliphatic carbocycles. The molecule has 0 spiro atoms. The van der Waals surface area contributed by atoms with Crippen molar-refractivity contribution in [3.63, 3.8) is 0 Å². The van der Waals surface area contributed by atoms with Crippen molar-refractivity contribution in [1.82, 2.24) is 5.32 Å². The largest absolute Gasteiger partial charge is 0.411 e. The maximum atomic E-state index is 11.7.